The Bertz CT molecular complexity index is 1180. The maximum atomic E-state index is 12.3. The molecule has 1 N–H and O–H groups in total. The predicted octanol–water partition coefficient (Wildman–Crippen LogP) is 4.77. The van der Waals surface area contributed by atoms with Crippen LogP contribution < -0.4 is 10.1 Å². The lowest BCUT2D eigenvalue weighted by Gasteiger charge is -2.14. The monoisotopic (exact) mass is 469 g/mol. The third-order valence-corrected chi connectivity index (χ3v) is 6.12. The van der Waals surface area contributed by atoms with Gasteiger partial charge < -0.3 is 14.6 Å². The van der Waals surface area contributed by atoms with E-state index in [2.05, 4.69) is 41.5 Å². The van der Waals surface area contributed by atoms with Gasteiger partial charge in [-0.3, -0.25) is 14.9 Å². The number of amides is 1. The fourth-order valence-electron chi connectivity index (χ4n) is 3.19. The second-order valence-corrected chi connectivity index (χ2v) is 8.98. The van der Waals surface area contributed by atoms with E-state index in [-0.39, 0.29) is 24.0 Å². The van der Waals surface area contributed by atoms with Gasteiger partial charge in [0.2, 0.25) is 5.91 Å². The summed E-state index contributed by atoms with van der Waals surface area (Å²) in [6, 6.07) is 10.8. The minimum absolute atomic E-state index is 0.0346. The molecule has 0 aliphatic rings. The maximum absolute atomic E-state index is 12.3. The summed E-state index contributed by atoms with van der Waals surface area (Å²) in [5.41, 5.74) is 3.13. The molecular formula is C23H27N5O4S. The van der Waals surface area contributed by atoms with Crippen LogP contribution in [0.25, 0.3) is 0 Å². The number of carbonyl (C=O) groups excluding carboxylic acids is 1. The Kier molecular flexibility index (Phi) is 7.70. The standard InChI is InChI=1S/C23H27N5O4S/c1-14(2)18-9-6-15(3)10-20(18)32-12-21-25-26-23(27(21)5)33-13-22(29)24-17-8-7-16(4)19(11-17)28(30)31/h6-11,14H,12-13H2,1-5H3,(H,24,29). The van der Waals surface area contributed by atoms with Crippen molar-refractivity contribution in [2.45, 2.75) is 45.4 Å². The van der Waals surface area contributed by atoms with Gasteiger partial charge in [0, 0.05) is 24.4 Å². The molecule has 0 aliphatic carbocycles. The zero-order valence-electron chi connectivity index (χ0n) is 19.3. The van der Waals surface area contributed by atoms with Gasteiger partial charge in [0.25, 0.3) is 5.69 Å². The number of nitro benzene ring substituents is 1. The third kappa shape index (κ3) is 6.10. The summed E-state index contributed by atoms with van der Waals surface area (Å²) in [5.74, 6) is 1.60. The highest BCUT2D eigenvalue weighted by Crippen LogP contribution is 2.28. The van der Waals surface area contributed by atoms with Crippen molar-refractivity contribution in [2.24, 2.45) is 7.05 Å². The van der Waals surface area contributed by atoms with Crippen LogP contribution in [0, 0.1) is 24.0 Å². The molecule has 3 aromatic rings. The highest BCUT2D eigenvalue weighted by molar-refractivity contribution is 7.99. The summed E-state index contributed by atoms with van der Waals surface area (Å²) < 4.78 is 7.83. The second-order valence-electron chi connectivity index (χ2n) is 8.04. The molecular weight excluding hydrogens is 442 g/mol. The molecule has 0 unspecified atom stereocenters. The number of anilines is 1. The Balaban J connectivity index is 1.59. The van der Waals surface area contributed by atoms with Gasteiger partial charge in [-0.05, 0) is 43.0 Å². The summed E-state index contributed by atoms with van der Waals surface area (Å²) in [7, 11) is 1.82. The van der Waals surface area contributed by atoms with Gasteiger partial charge >= 0.3 is 0 Å². The molecule has 33 heavy (non-hydrogen) atoms. The largest absolute Gasteiger partial charge is 0.485 e. The van der Waals surface area contributed by atoms with E-state index in [0.717, 1.165) is 16.9 Å². The van der Waals surface area contributed by atoms with Crippen LogP contribution in [0.5, 0.6) is 5.75 Å². The van der Waals surface area contributed by atoms with Crippen LogP contribution in [0.4, 0.5) is 11.4 Å². The van der Waals surface area contributed by atoms with Crippen LogP contribution in [-0.2, 0) is 18.4 Å². The number of nitrogens with zero attached hydrogens (tertiary/aromatic N) is 4. The van der Waals surface area contributed by atoms with Crippen molar-refractivity contribution in [3.05, 3.63) is 69.0 Å². The lowest BCUT2D eigenvalue weighted by atomic mass is 10.0. The number of aryl methyl sites for hydroxylation is 2. The first-order valence-corrected chi connectivity index (χ1v) is 11.4. The van der Waals surface area contributed by atoms with Crippen LogP contribution in [0.3, 0.4) is 0 Å². The summed E-state index contributed by atoms with van der Waals surface area (Å²) in [6.07, 6.45) is 0. The zero-order valence-corrected chi connectivity index (χ0v) is 20.1. The third-order valence-electron chi connectivity index (χ3n) is 5.09. The van der Waals surface area contributed by atoms with Crippen molar-refractivity contribution >= 4 is 29.0 Å². The van der Waals surface area contributed by atoms with Gasteiger partial charge in [0.15, 0.2) is 11.0 Å². The fourth-order valence-corrected chi connectivity index (χ4v) is 3.92. The minimum atomic E-state index is -0.468. The molecule has 0 saturated heterocycles. The number of nitro groups is 1. The number of carbonyl (C=O) groups is 1. The van der Waals surface area contributed by atoms with E-state index in [1.807, 2.05) is 20.0 Å². The van der Waals surface area contributed by atoms with E-state index < -0.39 is 4.92 Å². The molecule has 9 nitrogen and oxygen atoms in total. The van der Waals surface area contributed by atoms with Crippen molar-refractivity contribution in [1.29, 1.82) is 0 Å². The number of aromatic nitrogens is 3. The second kappa shape index (κ2) is 10.5. The predicted molar refractivity (Wildman–Crippen MR) is 128 cm³/mol. The van der Waals surface area contributed by atoms with Gasteiger partial charge in [-0.2, -0.15) is 0 Å². The van der Waals surface area contributed by atoms with Crippen LogP contribution in [0.15, 0.2) is 41.6 Å². The Labute approximate surface area is 196 Å². The van der Waals surface area contributed by atoms with E-state index in [0.29, 0.717) is 28.1 Å². The Morgan fingerprint density at radius 1 is 1.21 bits per heavy atom. The van der Waals surface area contributed by atoms with Crippen LogP contribution >= 0.6 is 11.8 Å². The first-order valence-electron chi connectivity index (χ1n) is 10.4. The quantitative estimate of drug-likeness (QED) is 0.273. The molecule has 0 radical (unpaired) electrons. The van der Waals surface area contributed by atoms with Gasteiger partial charge in [-0.15, -0.1) is 10.2 Å². The molecule has 174 valence electrons. The highest BCUT2D eigenvalue weighted by atomic mass is 32.2. The molecule has 0 aliphatic heterocycles. The van der Waals surface area contributed by atoms with E-state index in [1.54, 1.807) is 23.6 Å². The number of thioether (sulfide) groups is 1. The van der Waals surface area contributed by atoms with E-state index in [9.17, 15) is 14.9 Å². The van der Waals surface area contributed by atoms with Crippen molar-refractivity contribution in [2.75, 3.05) is 11.1 Å². The number of ether oxygens (including phenoxy) is 1. The first kappa shape index (κ1) is 24.2. The molecule has 0 atom stereocenters. The van der Waals surface area contributed by atoms with Crippen molar-refractivity contribution in [3.63, 3.8) is 0 Å². The van der Waals surface area contributed by atoms with Gasteiger partial charge in [-0.1, -0.05) is 43.8 Å². The number of nitrogens with one attached hydrogen (secondary N) is 1. The zero-order chi connectivity index (χ0) is 24.1. The van der Waals surface area contributed by atoms with Crippen molar-refractivity contribution in [1.82, 2.24) is 14.8 Å². The molecule has 0 bridgehead atoms. The summed E-state index contributed by atoms with van der Waals surface area (Å²) in [5, 5.41) is 22.7. The normalized spacial score (nSPS) is 11.0. The topological polar surface area (TPSA) is 112 Å². The molecule has 10 heteroatoms. The molecule has 0 spiro atoms. The minimum Gasteiger partial charge on any atom is -0.485 e. The molecule has 0 fully saturated rings. The van der Waals surface area contributed by atoms with Gasteiger partial charge in [-0.25, -0.2) is 0 Å². The lowest BCUT2D eigenvalue weighted by Crippen LogP contribution is -2.15. The fraction of sp³-hybridized carbons (Fsp3) is 0.348. The molecule has 1 amide bonds. The van der Waals surface area contributed by atoms with Gasteiger partial charge in [0.05, 0.1) is 10.7 Å². The SMILES string of the molecule is Cc1ccc(C(C)C)c(OCc2nnc(SCC(=O)Nc3ccc(C)c([N+](=O)[O-])c3)n2C)c1. The number of rotatable bonds is 9. The average Bonchev–Trinajstić information content (AvgIpc) is 3.11. The first-order chi connectivity index (χ1) is 15.7. The van der Waals surface area contributed by atoms with Crippen LogP contribution in [0.1, 0.15) is 42.3 Å². The Hall–Kier alpha value is -3.40. The molecule has 1 heterocycles. The smallest absolute Gasteiger partial charge is 0.274 e. The Morgan fingerprint density at radius 3 is 2.67 bits per heavy atom. The van der Waals surface area contributed by atoms with Crippen LogP contribution in [0.2, 0.25) is 0 Å². The summed E-state index contributed by atoms with van der Waals surface area (Å²) >= 11 is 1.23. The van der Waals surface area contributed by atoms with Gasteiger partial charge in [0.1, 0.15) is 12.4 Å². The van der Waals surface area contributed by atoms with E-state index in [4.69, 9.17) is 4.74 Å². The van der Waals surface area contributed by atoms with Crippen molar-refractivity contribution in [3.8, 4) is 5.75 Å². The summed E-state index contributed by atoms with van der Waals surface area (Å²) in [4.78, 5) is 22.9. The van der Waals surface area contributed by atoms with E-state index >= 15 is 0 Å². The van der Waals surface area contributed by atoms with Crippen LogP contribution in [-0.4, -0.2) is 31.3 Å². The highest BCUT2D eigenvalue weighted by Gasteiger charge is 2.16. The Morgan fingerprint density at radius 2 is 1.97 bits per heavy atom. The maximum Gasteiger partial charge on any atom is 0.274 e. The summed E-state index contributed by atoms with van der Waals surface area (Å²) in [6.45, 7) is 8.17. The molecule has 0 saturated carbocycles. The molecule has 1 aromatic heterocycles. The number of benzene rings is 2. The number of hydrogen-bond donors (Lipinski definition) is 1. The van der Waals surface area contributed by atoms with E-state index in [1.165, 1.54) is 17.8 Å². The van der Waals surface area contributed by atoms with Crippen molar-refractivity contribution < 1.29 is 14.5 Å². The molecule has 2 aromatic carbocycles. The lowest BCUT2D eigenvalue weighted by molar-refractivity contribution is -0.385. The number of hydrogen-bond acceptors (Lipinski definition) is 7. The average molecular weight is 470 g/mol. The molecule has 3 rings (SSSR count).